The van der Waals surface area contributed by atoms with Gasteiger partial charge in [-0.15, -0.1) is 0 Å². The average molecular weight is 219 g/mol. The van der Waals surface area contributed by atoms with E-state index < -0.39 is 0 Å². The van der Waals surface area contributed by atoms with E-state index in [0.29, 0.717) is 0 Å². The van der Waals surface area contributed by atoms with Gasteiger partial charge in [0.05, 0.1) is 18.4 Å². The lowest BCUT2D eigenvalue weighted by atomic mass is 10.0. The largest absolute Gasteiger partial charge is 0.309 e. The minimum atomic E-state index is 0.155. The van der Waals surface area contributed by atoms with Crippen molar-refractivity contribution in [2.45, 2.75) is 13.0 Å². The van der Waals surface area contributed by atoms with E-state index in [2.05, 4.69) is 22.4 Å². The fourth-order valence-corrected chi connectivity index (χ4v) is 1.89. The summed E-state index contributed by atoms with van der Waals surface area (Å²) in [4.78, 5) is 0. The third-order valence-corrected chi connectivity index (χ3v) is 2.93. The molecular formula is C11H17N5. The molecule has 1 unspecified atom stereocenters. The molecule has 1 atom stereocenters. The Morgan fingerprint density at radius 2 is 2.00 bits per heavy atom. The van der Waals surface area contributed by atoms with Crippen LogP contribution in [0.1, 0.15) is 22.9 Å². The molecule has 2 heterocycles. The summed E-state index contributed by atoms with van der Waals surface area (Å²) in [5.41, 5.74) is 3.52. The Bertz CT molecular complexity index is 482. The fraction of sp³-hybridized carbons (Fsp3) is 0.455. The SMILES string of the molecule is CNC(c1cnn(C)c1)c1cnn(C)c1C. The van der Waals surface area contributed by atoms with E-state index in [1.807, 2.05) is 49.1 Å². The van der Waals surface area contributed by atoms with Crippen molar-refractivity contribution in [1.82, 2.24) is 24.9 Å². The highest BCUT2D eigenvalue weighted by Gasteiger charge is 2.18. The Kier molecular flexibility index (Phi) is 2.78. The van der Waals surface area contributed by atoms with Crippen molar-refractivity contribution in [3.05, 3.63) is 35.4 Å². The summed E-state index contributed by atoms with van der Waals surface area (Å²) in [6.45, 7) is 2.07. The molecule has 0 spiro atoms. The molecule has 16 heavy (non-hydrogen) atoms. The molecule has 2 aromatic heterocycles. The van der Waals surface area contributed by atoms with Crippen LogP contribution in [0.5, 0.6) is 0 Å². The molecule has 5 heteroatoms. The Hall–Kier alpha value is -1.62. The normalized spacial score (nSPS) is 13.0. The first-order valence-electron chi connectivity index (χ1n) is 5.27. The van der Waals surface area contributed by atoms with Gasteiger partial charge in [-0.2, -0.15) is 10.2 Å². The number of aryl methyl sites for hydroxylation is 2. The van der Waals surface area contributed by atoms with Crippen LogP contribution in [-0.2, 0) is 14.1 Å². The maximum absolute atomic E-state index is 4.27. The molecule has 0 aliphatic heterocycles. The number of nitrogens with one attached hydrogen (secondary N) is 1. The number of hydrogen-bond donors (Lipinski definition) is 1. The van der Waals surface area contributed by atoms with Crippen LogP contribution in [0.3, 0.4) is 0 Å². The smallest absolute Gasteiger partial charge is 0.0639 e. The van der Waals surface area contributed by atoms with Gasteiger partial charge in [0.1, 0.15) is 0 Å². The van der Waals surface area contributed by atoms with Crippen molar-refractivity contribution in [2.75, 3.05) is 7.05 Å². The van der Waals surface area contributed by atoms with E-state index in [-0.39, 0.29) is 6.04 Å². The quantitative estimate of drug-likeness (QED) is 0.829. The molecule has 0 aliphatic rings. The van der Waals surface area contributed by atoms with E-state index in [9.17, 15) is 0 Å². The maximum atomic E-state index is 4.27. The molecule has 2 rings (SSSR count). The summed E-state index contributed by atoms with van der Waals surface area (Å²) in [7, 11) is 5.82. The van der Waals surface area contributed by atoms with Crippen molar-refractivity contribution in [2.24, 2.45) is 14.1 Å². The lowest BCUT2D eigenvalue weighted by molar-refractivity contribution is 0.677. The molecule has 0 fully saturated rings. The molecule has 86 valence electrons. The van der Waals surface area contributed by atoms with Crippen molar-refractivity contribution in [1.29, 1.82) is 0 Å². The van der Waals surface area contributed by atoms with Crippen LogP contribution < -0.4 is 5.32 Å². The lowest BCUT2D eigenvalue weighted by Crippen LogP contribution is -2.17. The molecular weight excluding hydrogens is 202 g/mol. The van der Waals surface area contributed by atoms with Gasteiger partial charge in [-0.05, 0) is 14.0 Å². The van der Waals surface area contributed by atoms with E-state index in [1.165, 1.54) is 11.3 Å². The topological polar surface area (TPSA) is 47.7 Å². The molecule has 0 saturated heterocycles. The highest BCUT2D eigenvalue weighted by molar-refractivity contribution is 5.30. The lowest BCUT2D eigenvalue weighted by Gasteiger charge is -2.13. The minimum absolute atomic E-state index is 0.155. The summed E-state index contributed by atoms with van der Waals surface area (Å²) >= 11 is 0. The van der Waals surface area contributed by atoms with E-state index in [4.69, 9.17) is 0 Å². The van der Waals surface area contributed by atoms with Gasteiger partial charge >= 0.3 is 0 Å². The number of hydrogen-bond acceptors (Lipinski definition) is 3. The fourth-order valence-electron chi connectivity index (χ4n) is 1.89. The van der Waals surface area contributed by atoms with Crippen molar-refractivity contribution >= 4 is 0 Å². The molecule has 0 radical (unpaired) electrons. The minimum Gasteiger partial charge on any atom is -0.309 e. The molecule has 0 aliphatic carbocycles. The number of nitrogens with zero attached hydrogens (tertiary/aromatic N) is 4. The Labute approximate surface area is 95.1 Å². The first-order valence-corrected chi connectivity index (χ1v) is 5.27. The Morgan fingerprint density at radius 3 is 2.44 bits per heavy atom. The maximum Gasteiger partial charge on any atom is 0.0639 e. The van der Waals surface area contributed by atoms with Crippen molar-refractivity contribution in [3.8, 4) is 0 Å². The Morgan fingerprint density at radius 1 is 1.25 bits per heavy atom. The second kappa shape index (κ2) is 4.09. The first-order chi connectivity index (χ1) is 7.63. The number of aromatic nitrogens is 4. The molecule has 2 aromatic rings. The van der Waals surface area contributed by atoms with Crippen LogP contribution >= 0.6 is 0 Å². The summed E-state index contributed by atoms with van der Waals surface area (Å²) in [6, 6.07) is 0.155. The van der Waals surface area contributed by atoms with Gasteiger partial charge in [0.15, 0.2) is 0 Å². The second-order valence-corrected chi connectivity index (χ2v) is 3.98. The van der Waals surface area contributed by atoms with Crippen LogP contribution in [0.4, 0.5) is 0 Å². The summed E-state index contributed by atoms with van der Waals surface area (Å²) in [5.74, 6) is 0. The van der Waals surface area contributed by atoms with E-state index >= 15 is 0 Å². The zero-order chi connectivity index (χ0) is 11.7. The van der Waals surface area contributed by atoms with Gasteiger partial charge in [0.2, 0.25) is 0 Å². The summed E-state index contributed by atoms with van der Waals surface area (Å²) in [6.07, 6.45) is 5.81. The standard InChI is InChI=1S/C11H17N5/c1-8-10(6-14-16(8)4)11(12-2)9-5-13-15(3)7-9/h5-7,11-12H,1-4H3. The van der Waals surface area contributed by atoms with Gasteiger partial charge in [0, 0.05) is 37.1 Å². The third kappa shape index (κ3) is 1.74. The highest BCUT2D eigenvalue weighted by Crippen LogP contribution is 2.23. The summed E-state index contributed by atoms with van der Waals surface area (Å²) in [5, 5.41) is 11.8. The monoisotopic (exact) mass is 219 g/mol. The molecule has 1 N–H and O–H groups in total. The van der Waals surface area contributed by atoms with Gasteiger partial charge < -0.3 is 5.32 Å². The average Bonchev–Trinajstić information content (AvgIpc) is 2.81. The van der Waals surface area contributed by atoms with E-state index in [0.717, 1.165) is 5.56 Å². The molecule has 5 nitrogen and oxygen atoms in total. The van der Waals surface area contributed by atoms with Crippen LogP contribution in [0.25, 0.3) is 0 Å². The predicted octanol–water partition coefficient (Wildman–Crippen LogP) is 0.771. The Balaban J connectivity index is 2.40. The zero-order valence-electron chi connectivity index (χ0n) is 10.1. The van der Waals surface area contributed by atoms with Crippen molar-refractivity contribution < 1.29 is 0 Å². The van der Waals surface area contributed by atoms with Gasteiger partial charge in [-0.3, -0.25) is 9.36 Å². The molecule has 0 bridgehead atoms. The second-order valence-electron chi connectivity index (χ2n) is 3.98. The van der Waals surface area contributed by atoms with Gasteiger partial charge in [-0.1, -0.05) is 0 Å². The van der Waals surface area contributed by atoms with E-state index in [1.54, 1.807) is 0 Å². The van der Waals surface area contributed by atoms with Gasteiger partial charge in [0.25, 0.3) is 0 Å². The van der Waals surface area contributed by atoms with Crippen LogP contribution in [0.2, 0.25) is 0 Å². The zero-order valence-corrected chi connectivity index (χ0v) is 10.1. The predicted molar refractivity (Wildman–Crippen MR) is 62.1 cm³/mol. The number of rotatable bonds is 3. The third-order valence-electron chi connectivity index (χ3n) is 2.93. The first kappa shape index (κ1) is 10.9. The van der Waals surface area contributed by atoms with Gasteiger partial charge in [-0.25, -0.2) is 0 Å². The molecule has 0 saturated carbocycles. The van der Waals surface area contributed by atoms with Crippen LogP contribution in [0, 0.1) is 6.92 Å². The molecule has 0 amide bonds. The van der Waals surface area contributed by atoms with Crippen LogP contribution in [0.15, 0.2) is 18.6 Å². The van der Waals surface area contributed by atoms with Crippen molar-refractivity contribution in [3.63, 3.8) is 0 Å². The molecule has 0 aromatic carbocycles. The highest BCUT2D eigenvalue weighted by atomic mass is 15.3. The summed E-state index contributed by atoms with van der Waals surface area (Å²) < 4.78 is 3.70. The van der Waals surface area contributed by atoms with Crippen LogP contribution in [-0.4, -0.2) is 26.6 Å².